The van der Waals surface area contributed by atoms with E-state index in [0.29, 0.717) is 0 Å². The van der Waals surface area contributed by atoms with E-state index in [1.165, 1.54) is 49.0 Å². The zero-order valence-corrected chi connectivity index (χ0v) is 13.6. The largest absolute Gasteiger partial charge is 0.385 e. The highest BCUT2D eigenvalue weighted by Crippen LogP contribution is 2.26. The van der Waals surface area contributed by atoms with E-state index < -0.39 is 0 Å². The summed E-state index contributed by atoms with van der Waals surface area (Å²) < 4.78 is 0. The number of aryl methyl sites for hydroxylation is 1. The van der Waals surface area contributed by atoms with Gasteiger partial charge in [0.25, 0.3) is 0 Å². The van der Waals surface area contributed by atoms with Crippen LogP contribution in [0.4, 0.5) is 11.4 Å². The van der Waals surface area contributed by atoms with E-state index in [9.17, 15) is 0 Å². The summed E-state index contributed by atoms with van der Waals surface area (Å²) in [6.45, 7) is 9.90. The maximum Gasteiger partial charge on any atom is 0.0375 e. The Bertz CT molecular complexity index is 426. The van der Waals surface area contributed by atoms with Gasteiger partial charge in [-0.05, 0) is 70.2 Å². The number of rotatable bonds is 4. The van der Waals surface area contributed by atoms with Crippen molar-refractivity contribution < 1.29 is 0 Å². The molecule has 0 amide bonds. The maximum atomic E-state index is 3.62. The molecule has 0 atom stereocenters. The van der Waals surface area contributed by atoms with Gasteiger partial charge in [0.15, 0.2) is 0 Å². The van der Waals surface area contributed by atoms with Crippen LogP contribution in [0, 0.1) is 12.8 Å². The molecule has 1 fully saturated rings. The van der Waals surface area contributed by atoms with E-state index in [4.69, 9.17) is 0 Å². The number of hydrogen-bond acceptors (Lipinski definition) is 2. The van der Waals surface area contributed by atoms with Crippen molar-refractivity contribution in [2.45, 2.75) is 65.3 Å². The zero-order chi connectivity index (χ0) is 14.6. The summed E-state index contributed by atoms with van der Waals surface area (Å²) in [7, 11) is 0. The Hall–Kier alpha value is -1.18. The van der Waals surface area contributed by atoms with Crippen LogP contribution in [-0.4, -0.2) is 12.1 Å². The van der Waals surface area contributed by atoms with Crippen molar-refractivity contribution in [1.82, 2.24) is 0 Å². The van der Waals surface area contributed by atoms with Crippen LogP contribution in [0.15, 0.2) is 18.2 Å². The van der Waals surface area contributed by atoms with Gasteiger partial charge in [-0.3, -0.25) is 0 Å². The SMILES string of the molecule is Cc1cc(NCC2CCCCC2)ccc1NC(C)(C)C. The lowest BCUT2D eigenvalue weighted by molar-refractivity contribution is 0.373. The second kappa shape index (κ2) is 6.51. The second-order valence-electron chi connectivity index (χ2n) is 7.29. The highest BCUT2D eigenvalue weighted by Gasteiger charge is 2.14. The van der Waals surface area contributed by atoms with Gasteiger partial charge in [0.1, 0.15) is 0 Å². The summed E-state index contributed by atoms with van der Waals surface area (Å²) in [4.78, 5) is 0. The molecule has 1 aliphatic rings. The average Bonchev–Trinajstić information content (AvgIpc) is 2.39. The van der Waals surface area contributed by atoms with E-state index in [1.54, 1.807) is 0 Å². The number of hydrogen-bond donors (Lipinski definition) is 2. The summed E-state index contributed by atoms with van der Waals surface area (Å²) >= 11 is 0. The molecule has 0 radical (unpaired) electrons. The first-order chi connectivity index (χ1) is 9.44. The van der Waals surface area contributed by atoms with E-state index in [2.05, 4.69) is 56.5 Å². The van der Waals surface area contributed by atoms with Crippen molar-refractivity contribution in [2.75, 3.05) is 17.2 Å². The lowest BCUT2D eigenvalue weighted by atomic mass is 9.89. The molecule has 0 aliphatic heterocycles. The van der Waals surface area contributed by atoms with E-state index >= 15 is 0 Å². The summed E-state index contributed by atoms with van der Waals surface area (Å²) in [5.41, 5.74) is 3.92. The Labute approximate surface area is 124 Å². The molecule has 0 spiro atoms. The van der Waals surface area contributed by atoms with Gasteiger partial charge in [0.2, 0.25) is 0 Å². The molecule has 1 saturated carbocycles. The average molecular weight is 274 g/mol. The minimum Gasteiger partial charge on any atom is -0.385 e. The van der Waals surface area contributed by atoms with Gasteiger partial charge < -0.3 is 10.6 Å². The molecular weight excluding hydrogens is 244 g/mol. The molecule has 0 unspecified atom stereocenters. The molecule has 0 aromatic heterocycles. The van der Waals surface area contributed by atoms with Gasteiger partial charge in [0, 0.05) is 23.5 Å². The van der Waals surface area contributed by atoms with Crippen molar-refractivity contribution in [3.63, 3.8) is 0 Å². The first kappa shape index (κ1) is 15.2. The molecule has 2 rings (SSSR count). The highest BCUT2D eigenvalue weighted by molar-refractivity contribution is 5.60. The Balaban J connectivity index is 1.91. The molecule has 1 aromatic carbocycles. The van der Waals surface area contributed by atoms with Crippen LogP contribution in [0.3, 0.4) is 0 Å². The third kappa shape index (κ3) is 4.73. The maximum absolute atomic E-state index is 3.62. The van der Waals surface area contributed by atoms with Crippen LogP contribution in [0.2, 0.25) is 0 Å². The van der Waals surface area contributed by atoms with Crippen molar-refractivity contribution in [3.8, 4) is 0 Å². The van der Waals surface area contributed by atoms with E-state index in [0.717, 1.165) is 12.5 Å². The molecular formula is C18H30N2. The van der Waals surface area contributed by atoms with Crippen LogP contribution < -0.4 is 10.6 Å². The third-order valence-electron chi connectivity index (χ3n) is 4.06. The molecule has 2 nitrogen and oxygen atoms in total. The summed E-state index contributed by atoms with van der Waals surface area (Å²) in [6, 6.07) is 6.66. The Morgan fingerprint density at radius 3 is 2.40 bits per heavy atom. The highest BCUT2D eigenvalue weighted by atomic mass is 15.0. The second-order valence-corrected chi connectivity index (χ2v) is 7.29. The van der Waals surface area contributed by atoms with Gasteiger partial charge in [-0.15, -0.1) is 0 Å². The molecule has 112 valence electrons. The van der Waals surface area contributed by atoms with Crippen molar-refractivity contribution in [3.05, 3.63) is 23.8 Å². The minimum absolute atomic E-state index is 0.113. The fraction of sp³-hybridized carbons (Fsp3) is 0.667. The molecule has 2 N–H and O–H groups in total. The van der Waals surface area contributed by atoms with E-state index in [1.807, 2.05) is 0 Å². The fourth-order valence-electron chi connectivity index (χ4n) is 2.97. The van der Waals surface area contributed by atoms with Crippen molar-refractivity contribution in [2.24, 2.45) is 5.92 Å². The third-order valence-corrected chi connectivity index (χ3v) is 4.06. The lowest BCUT2D eigenvalue weighted by Gasteiger charge is -2.25. The minimum atomic E-state index is 0.113. The molecule has 1 aromatic rings. The number of benzene rings is 1. The smallest absolute Gasteiger partial charge is 0.0375 e. The lowest BCUT2D eigenvalue weighted by Crippen LogP contribution is -2.26. The normalized spacial score (nSPS) is 17.0. The summed E-state index contributed by atoms with van der Waals surface area (Å²) in [6.07, 6.45) is 7.06. The molecule has 1 aliphatic carbocycles. The molecule has 0 saturated heterocycles. The summed E-state index contributed by atoms with van der Waals surface area (Å²) in [5.74, 6) is 0.872. The number of nitrogens with one attached hydrogen (secondary N) is 2. The van der Waals surface area contributed by atoms with Gasteiger partial charge in [0.05, 0.1) is 0 Å². The topological polar surface area (TPSA) is 24.1 Å². The Morgan fingerprint density at radius 2 is 1.80 bits per heavy atom. The van der Waals surface area contributed by atoms with Crippen LogP contribution in [0.25, 0.3) is 0 Å². The quantitative estimate of drug-likeness (QED) is 0.788. The number of anilines is 2. The predicted octanol–water partition coefficient (Wildman–Crippen LogP) is 5.20. The first-order valence-corrected chi connectivity index (χ1v) is 8.07. The standard InChI is InChI=1S/C18H30N2/c1-14-12-16(10-11-17(14)20-18(2,3)4)19-13-15-8-6-5-7-9-15/h10-12,15,19-20H,5-9,13H2,1-4H3. The molecule has 2 heteroatoms. The first-order valence-electron chi connectivity index (χ1n) is 8.07. The van der Waals surface area contributed by atoms with Crippen LogP contribution in [0.1, 0.15) is 58.4 Å². The molecule has 0 bridgehead atoms. The monoisotopic (exact) mass is 274 g/mol. The van der Waals surface area contributed by atoms with Crippen molar-refractivity contribution >= 4 is 11.4 Å². The predicted molar refractivity (Wildman–Crippen MR) is 89.6 cm³/mol. The van der Waals surface area contributed by atoms with Crippen LogP contribution >= 0.6 is 0 Å². The van der Waals surface area contributed by atoms with Gasteiger partial charge in [-0.25, -0.2) is 0 Å². The zero-order valence-electron chi connectivity index (χ0n) is 13.6. The summed E-state index contributed by atoms with van der Waals surface area (Å²) in [5, 5.41) is 7.17. The van der Waals surface area contributed by atoms with Crippen molar-refractivity contribution in [1.29, 1.82) is 0 Å². The fourth-order valence-corrected chi connectivity index (χ4v) is 2.97. The molecule has 0 heterocycles. The van der Waals surface area contributed by atoms with E-state index in [-0.39, 0.29) is 5.54 Å². The van der Waals surface area contributed by atoms with Crippen LogP contribution in [-0.2, 0) is 0 Å². The molecule has 20 heavy (non-hydrogen) atoms. The van der Waals surface area contributed by atoms with Crippen LogP contribution in [0.5, 0.6) is 0 Å². The van der Waals surface area contributed by atoms with Gasteiger partial charge in [-0.1, -0.05) is 19.3 Å². The van der Waals surface area contributed by atoms with Gasteiger partial charge in [-0.2, -0.15) is 0 Å². The Kier molecular flexibility index (Phi) is 4.95. The Morgan fingerprint density at radius 1 is 1.10 bits per heavy atom. The van der Waals surface area contributed by atoms with Gasteiger partial charge >= 0.3 is 0 Å².